The van der Waals surface area contributed by atoms with Crippen LogP contribution >= 0.6 is 11.8 Å². The van der Waals surface area contributed by atoms with Crippen molar-refractivity contribution in [2.24, 2.45) is 0 Å². The van der Waals surface area contributed by atoms with E-state index in [0.717, 1.165) is 45.1 Å². The fourth-order valence-corrected chi connectivity index (χ4v) is 6.27. The number of amides is 2. The lowest BCUT2D eigenvalue weighted by Gasteiger charge is -2.38. The highest BCUT2D eigenvalue weighted by atomic mass is 32.2. The second-order valence-corrected chi connectivity index (χ2v) is 11.9. The molecule has 0 aliphatic carbocycles. The lowest BCUT2D eigenvalue weighted by molar-refractivity contribution is -0.154. The molecule has 2 unspecified atom stereocenters. The predicted octanol–water partition coefficient (Wildman–Crippen LogP) is 5.73. The molecule has 0 bridgehead atoms. The molecule has 2 atom stereocenters. The van der Waals surface area contributed by atoms with Crippen LogP contribution in [0.15, 0.2) is 54.6 Å². The molecule has 2 amide bonds. The van der Waals surface area contributed by atoms with Gasteiger partial charge >= 0.3 is 11.9 Å². The summed E-state index contributed by atoms with van der Waals surface area (Å²) < 4.78 is 18.1. The average molecular weight is 588 g/mol. The third-order valence-corrected chi connectivity index (χ3v) is 9.04. The van der Waals surface area contributed by atoms with Gasteiger partial charge in [0.05, 0.1) is 11.7 Å². The summed E-state index contributed by atoms with van der Waals surface area (Å²) in [6.07, 6.45) is 1.96. The van der Waals surface area contributed by atoms with Crippen LogP contribution < -0.4 is 19.5 Å². The van der Waals surface area contributed by atoms with Crippen LogP contribution in [0.2, 0.25) is 0 Å². The molecule has 0 radical (unpaired) electrons. The number of benzene rings is 3. The van der Waals surface area contributed by atoms with Crippen molar-refractivity contribution in [2.45, 2.75) is 70.7 Å². The van der Waals surface area contributed by atoms with Crippen molar-refractivity contribution in [3.05, 3.63) is 88.0 Å². The average Bonchev–Trinajstić information content (AvgIpc) is 3.31. The Hall–Kier alpha value is -4.11. The molecule has 2 aliphatic rings. The minimum Gasteiger partial charge on any atom is -0.475 e. The molecule has 3 aromatic rings. The molecule has 42 heavy (non-hydrogen) atoms. The lowest BCUT2D eigenvalue weighted by Crippen LogP contribution is -2.49. The molecule has 2 heterocycles. The van der Waals surface area contributed by atoms with Gasteiger partial charge in [-0.25, -0.2) is 4.79 Å². The van der Waals surface area contributed by atoms with Crippen molar-refractivity contribution in [2.75, 3.05) is 0 Å². The number of rotatable bonds is 8. The molecule has 3 aromatic carbocycles. The highest BCUT2D eigenvalue weighted by molar-refractivity contribution is 8.15. The normalized spacial score (nSPS) is 19.5. The second-order valence-electron chi connectivity index (χ2n) is 10.7. The first kappa shape index (κ1) is 29.4. The lowest BCUT2D eigenvalue weighted by atomic mass is 9.85. The first-order chi connectivity index (χ1) is 20.1. The molecule has 0 aromatic heterocycles. The number of imide groups is 1. The minimum absolute atomic E-state index is 0.173. The summed E-state index contributed by atoms with van der Waals surface area (Å²) in [5, 5.41) is 1.49. The van der Waals surface area contributed by atoms with E-state index in [2.05, 4.69) is 5.32 Å². The first-order valence-corrected chi connectivity index (χ1v) is 14.9. The molecular formula is C33H33NO7S. The zero-order chi connectivity index (χ0) is 30.0. The number of hydrogen-bond donors (Lipinski definition) is 1. The van der Waals surface area contributed by atoms with Gasteiger partial charge in [-0.05, 0) is 80.0 Å². The molecule has 0 spiro atoms. The van der Waals surface area contributed by atoms with E-state index in [1.807, 2.05) is 58.0 Å². The summed E-state index contributed by atoms with van der Waals surface area (Å²) in [4.78, 5) is 49.6. The molecule has 1 fully saturated rings. The van der Waals surface area contributed by atoms with E-state index in [4.69, 9.17) is 14.2 Å². The van der Waals surface area contributed by atoms with Crippen molar-refractivity contribution in [3.8, 4) is 17.2 Å². The third kappa shape index (κ3) is 5.92. The largest absolute Gasteiger partial charge is 0.475 e. The van der Waals surface area contributed by atoms with E-state index in [9.17, 15) is 19.2 Å². The van der Waals surface area contributed by atoms with Crippen LogP contribution in [0.5, 0.6) is 17.2 Å². The van der Waals surface area contributed by atoms with Gasteiger partial charge in [-0.1, -0.05) is 61.2 Å². The van der Waals surface area contributed by atoms with Gasteiger partial charge in [0.25, 0.3) is 5.24 Å². The number of carbonyl (C=O) groups excluding carboxylic acids is 4. The van der Waals surface area contributed by atoms with Gasteiger partial charge in [0, 0.05) is 12.0 Å². The number of thioether (sulfide) groups is 1. The van der Waals surface area contributed by atoms with Gasteiger partial charge in [-0.15, -0.1) is 0 Å². The predicted molar refractivity (Wildman–Crippen MR) is 159 cm³/mol. The van der Waals surface area contributed by atoms with Gasteiger partial charge in [-0.3, -0.25) is 19.7 Å². The van der Waals surface area contributed by atoms with Crippen molar-refractivity contribution in [1.82, 2.24) is 5.32 Å². The fourth-order valence-electron chi connectivity index (χ4n) is 5.41. The smallest absolute Gasteiger partial charge is 0.355 e. The van der Waals surface area contributed by atoms with Crippen LogP contribution in [0.25, 0.3) is 0 Å². The van der Waals surface area contributed by atoms with E-state index in [0.29, 0.717) is 42.9 Å². The maximum Gasteiger partial charge on any atom is 0.355 e. The van der Waals surface area contributed by atoms with Crippen molar-refractivity contribution < 1.29 is 33.4 Å². The molecule has 218 valence electrons. The van der Waals surface area contributed by atoms with E-state index in [1.165, 1.54) is 0 Å². The van der Waals surface area contributed by atoms with Gasteiger partial charge in [0.2, 0.25) is 11.5 Å². The maximum atomic E-state index is 13.5. The number of hydrogen-bond acceptors (Lipinski definition) is 8. The zero-order valence-electron chi connectivity index (χ0n) is 24.1. The van der Waals surface area contributed by atoms with Gasteiger partial charge < -0.3 is 14.2 Å². The van der Waals surface area contributed by atoms with Crippen LogP contribution in [0.1, 0.15) is 53.1 Å². The molecule has 1 saturated heterocycles. The van der Waals surface area contributed by atoms with Gasteiger partial charge in [0.15, 0.2) is 0 Å². The molecule has 1 N–H and O–H groups in total. The molecule has 2 aliphatic heterocycles. The standard InChI is InChI=1S/C33H33NO7S/c1-5-33(31(37)39-24-13-11-23(12-14-24)17-26-30(36)34-32(38)42-26)16-15-25-21(4)28(19(2)20(3)29(25)41-33)40-27(35)18-22-9-7-6-8-10-22/h6-14,26H,5,15-18H2,1-4H3,(H,34,36,38). The molecular weight excluding hydrogens is 554 g/mol. The number of esters is 2. The minimum atomic E-state index is -1.17. The highest BCUT2D eigenvalue weighted by Gasteiger charge is 2.45. The second kappa shape index (κ2) is 12.0. The van der Waals surface area contributed by atoms with Crippen molar-refractivity contribution >= 4 is 34.8 Å². The first-order valence-electron chi connectivity index (χ1n) is 14.0. The van der Waals surface area contributed by atoms with Crippen molar-refractivity contribution in [3.63, 3.8) is 0 Å². The topological polar surface area (TPSA) is 108 Å². The van der Waals surface area contributed by atoms with Gasteiger partial charge in [0.1, 0.15) is 17.2 Å². The Morgan fingerprint density at radius 1 is 0.952 bits per heavy atom. The van der Waals surface area contributed by atoms with Crippen LogP contribution in [0.4, 0.5) is 4.79 Å². The molecule has 9 heteroatoms. The van der Waals surface area contributed by atoms with Gasteiger partial charge in [-0.2, -0.15) is 0 Å². The van der Waals surface area contributed by atoms with E-state index in [1.54, 1.807) is 24.3 Å². The van der Waals surface area contributed by atoms with Crippen molar-refractivity contribution in [1.29, 1.82) is 0 Å². The van der Waals surface area contributed by atoms with Crippen LogP contribution in [-0.2, 0) is 33.6 Å². The van der Waals surface area contributed by atoms with E-state index in [-0.39, 0.29) is 23.5 Å². The quantitative estimate of drug-likeness (QED) is 0.263. The summed E-state index contributed by atoms with van der Waals surface area (Å²) >= 11 is 0.980. The SMILES string of the molecule is CCC1(C(=O)Oc2ccc(CC3SC(=O)NC3=O)cc2)CCc2c(C)c(OC(=O)Cc3ccccc3)c(C)c(C)c2O1. The third-order valence-electron chi connectivity index (χ3n) is 8.06. The summed E-state index contributed by atoms with van der Waals surface area (Å²) in [5.41, 5.74) is 3.94. The van der Waals surface area contributed by atoms with Crippen LogP contribution in [-0.4, -0.2) is 33.9 Å². The maximum absolute atomic E-state index is 13.5. The van der Waals surface area contributed by atoms with Crippen LogP contribution in [0, 0.1) is 20.8 Å². The summed E-state index contributed by atoms with van der Waals surface area (Å²) in [6, 6.07) is 16.4. The Labute approximate surface area is 249 Å². The number of ether oxygens (including phenoxy) is 3. The number of nitrogens with one attached hydrogen (secondary N) is 1. The Morgan fingerprint density at radius 3 is 2.31 bits per heavy atom. The monoisotopic (exact) mass is 587 g/mol. The van der Waals surface area contributed by atoms with Crippen LogP contribution in [0.3, 0.4) is 0 Å². The summed E-state index contributed by atoms with van der Waals surface area (Å²) in [6.45, 7) is 7.62. The molecule has 5 rings (SSSR count). The zero-order valence-corrected chi connectivity index (χ0v) is 24.9. The molecule has 8 nitrogen and oxygen atoms in total. The van der Waals surface area contributed by atoms with E-state index >= 15 is 0 Å². The number of carbonyl (C=O) groups is 4. The Balaban J connectivity index is 1.30. The highest BCUT2D eigenvalue weighted by Crippen LogP contribution is 2.45. The number of fused-ring (bicyclic) bond motifs is 1. The Morgan fingerprint density at radius 2 is 1.67 bits per heavy atom. The Kier molecular flexibility index (Phi) is 8.41. The van der Waals surface area contributed by atoms with E-state index < -0.39 is 16.8 Å². The summed E-state index contributed by atoms with van der Waals surface area (Å²) in [7, 11) is 0. The molecule has 0 saturated carbocycles. The summed E-state index contributed by atoms with van der Waals surface area (Å²) in [5.74, 6) is 0.441. The fraction of sp³-hybridized carbons (Fsp3) is 0.333. The Bertz CT molecular complexity index is 1550.